The fraction of sp³-hybridized carbons (Fsp3) is 0.0909. The number of rotatable bonds is 9. The monoisotopic (exact) mass is 645 g/mol. The SMILES string of the molecule is COc1ccc(CN(c2ccon2)S(=O)(=O)c2ccc3c(-c4cc(Cl)c(-c5cccc(F)c5)cc4OC)nc(O)cc3c2)cc1. The number of sulfonamides is 1. The van der Waals surface area contributed by atoms with Crippen molar-refractivity contribution < 1.29 is 31.9 Å². The summed E-state index contributed by atoms with van der Waals surface area (Å²) in [6.07, 6.45) is 1.29. The molecule has 0 radical (unpaired) electrons. The van der Waals surface area contributed by atoms with Crippen LogP contribution in [-0.2, 0) is 16.6 Å². The van der Waals surface area contributed by atoms with E-state index < -0.39 is 15.8 Å². The van der Waals surface area contributed by atoms with Gasteiger partial charge in [-0.3, -0.25) is 0 Å². The molecule has 6 aromatic rings. The second kappa shape index (κ2) is 12.1. The summed E-state index contributed by atoms with van der Waals surface area (Å²) in [5.74, 6) is 0.346. The summed E-state index contributed by atoms with van der Waals surface area (Å²) in [4.78, 5) is 4.29. The highest BCUT2D eigenvalue weighted by Crippen LogP contribution is 2.42. The van der Waals surface area contributed by atoms with Crippen LogP contribution in [0.4, 0.5) is 10.2 Å². The zero-order valence-electron chi connectivity index (χ0n) is 23.9. The molecule has 228 valence electrons. The lowest BCUT2D eigenvalue weighted by atomic mass is 9.98. The number of methoxy groups -OCH3 is 2. The fourth-order valence-corrected chi connectivity index (χ4v) is 6.72. The Morgan fingerprint density at radius 1 is 0.933 bits per heavy atom. The molecule has 0 aliphatic heterocycles. The van der Waals surface area contributed by atoms with Gasteiger partial charge in [-0.1, -0.05) is 47.1 Å². The van der Waals surface area contributed by atoms with Crippen molar-refractivity contribution in [2.75, 3.05) is 18.5 Å². The molecule has 1 N–H and O–H groups in total. The predicted molar refractivity (Wildman–Crippen MR) is 169 cm³/mol. The van der Waals surface area contributed by atoms with Crippen molar-refractivity contribution in [3.8, 4) is 39.8 Å². The number of anilines is 1. The third kappa shape index (κ3) is 5.87. The third-order valence-corrected chi connectivity index (χ3v) is 9.28. The topological polar surface area (TPSA) is 115 Å². The van der Waals surface area contributed by atoms with Gasteiger partial charge in [0.25, 0.3) is 10.0 Å². The molecular formula is C33H25ClFN3O6S. The number of nitrogens with zero attached hydrogens (tertiary/aromatic N) is 3. The zero-order valence-corrected chi connectivity index (χ0v) is 25.5. The molecular weight excluding hydrogens is 621 g/mol. The Labute approximate surface area is 263 Å². The van der Waals surface area contributed by atoms with Gasteiger partial charge in [0, 0.05) is 33.7 Å². The van der Waals surface area contributed by atoms with Crippen LogP contribution >= 0.6 is 11.6 Å². The van der Waals surface area contributed by atoms with Crippen molar-refractivity contribution >= 4 is 38.2 Å². The Morgan fingerprint density at radius 3 is 2.42 bits per heavy atom. The standard InChI is InChI=1S/C33H25ClFN3O6S/c1-42-24-8-6-20(7-9-24)19-38(31-12-13-44-37-31)45(40,41)25-10-11-26-22(15-25)16-32(39)36-33(26)28-17-29(34)27(18-30(28)43-2)21-4-3-5-23(35)14-21/h3-18H,19H2,1-2H3,(H,36,39). The Kier molecular flexibility index (Phi) is 8.05. The smallest absolute Gasteiger partial charge is 0.265 e. The van der Waals surface area contributed by atoms with Crippen LogP contribution < -0.4 is 13.8 Å². The van der Waals surface area contributed by atoms with Crippen LogP contribution in [0.3, 0.4) is 0 Å². The molecule has 0 bridgehead atoms. The summed E-state index contributed by atoms with van der Waals surface area (Å²) in [5, 5.41) is 15.7. The highest BCUT2D eigenvalue weighted by atomic mass is 35.5. The summed E-state index contributed by atoms with van der Waals surface area (Å²) in [5.41, 5.74) is 2.55. The van der Waals surface area contributed by atoms with Crippen LogP contribution in [-0.4, -0.2) is 37.9 Å². The van der Waals surface area contributed by atoms with Gasteiger partial charge in [-0.15, -0.1) is 0 Å². The second-order valence-electron chi connectivity index (χ2n) is 9.97. The molecule has 0 fully saturated rings. The van der Waals surface area contributed by atoms with Crippen molar-refractivity contribution in [2.45, 2.75) is 11.4 Å². The number of aromatic hydroxyl groups is 1. The zero-order chi connectivity index (χ0) is 31.7. The number of fused-ring (bicyclic) bond motifs is 1. The number of halogens is 2. The largest absolute Gasteiger partial charge is 0.497 e. The molecule has 0 amide bonds. The molecule has 0 saturated carbocycles. The van der Waals surface area contributed by atoms with Crippen LogP contribution in [0.15, 0.2) is 107 Å². The molecule has 9 nitrogen and oxygen atoms in total. The number of ether oxygens (including phenoxy) is 2. The summed E-state index contributed by atoms with van der Waals surface area (Å²) >= 11 is 6.66. The number of hydrogen-bond acceptors (Lipinski definition) is 8. The number of benzene rings is 4. The molecule has 0 aliphatic carbocycles. The molecule has 6 rings (SSSR count). The average Bonchev–Trinajstić information content (AvgIpc) is 3.57. The second-order valence-corrected chi connectivity index (χ2v) is 12.2. The quantitative estimate of drug-likeness (QED) is 0.172. The Bertz CT molecular complexity index is 2120. The van der Waals surface area contributed by atoms with Gasteiger partial charge in [0.1, 0.15) is 23.6 Å². The van der Waals surface area contributed by atoms with E-state index in [0.29, 0.717) is 55.2 Å². The van der Waals surface area contributed by atoms with Gasteiger partial charge < -0.3 is 19.1 Å². The molecule has 2 aromatic heterocycles. The summed E-state index contributed by atoms with van der Waals surface area (Å²) in [6.45, 7) is -0.0307. The lowest BCUT2D eigenvalue weighted by Crippen LogP contribution is -2.30. The first-order chi connectivity index (χ1) is 21.7. The van der Waals surface area contributed by atoms with Crippen molar-refractivity contribution in [3.63, 3.8) is 0 Å². The molecule has 0 saturated heterocycles. The molecule has 0 spiro atoms. The maximum absolute atomic E-state index is 14.1. The van der Waals surface area contributed by atoms with Gasteiger partial charge in [0.15, 0.2) is 5.82 Å². The summed E-state index contributed by atoms with van der Waals surface area (Å²) in [6, 6.07) is 23.6. The first kappa shape index (κ1) is 29.9. The van der Waals surface area contributed by atoms with Crippen molar-refractivity contribution in [3.05, 3.63) is 114 Å². The minimum Gasteiger partial charge on any atom is -0.497 e. The first-order valence-corrected chi connectivity index (χ1v) is 15.3. The van der Waals surface area contributed by atoms with E-state index in [4.69, 9.17) is 25.6 Å². The molecule has 4 aromatic carbocycles. The van der Waals surface area contributed by atoms with E-state index in [0.717, 1.165) is 4.31 Å². The van der Waals surface area contributed by atoms with E-state index in [9.17, 15) is 17.9 Å². The molecule has 45 heavy (non-hydrogen) atoms. The summed E-state index contributed by atoms with van der Waals surface area (Å²) < 4.78 is 59.0. The normalized spacial score (nSPS) is 11.5. The Balaban J connectivity index is 1.44. The van der Waals surface area contributed by atoms with E-state index >= 15 is 0 Å². The fourth-order valence-electron chi connectivity index (χ4n) is 5.02. The van der Waals surface area contributed by atoms with Crippen LogP contribution in [0.5, 0.6) is 17.4 Å². The molecule has 0 unspecified atom stereocenters. The Hall–Kier alpha value is -5.13. The van der Waals surface area contributed by atoms with Crippen LogP contribution in [0.25, 0.3) is 33.2 Å². The molecule has 0 atom stereocenters. The summed E-state index contributed by atoms with van der Waals surface area (Å²) in [7, 11) is -1.16. The van der Waals surface area contributed by atoms with Gasteiger partial charge >= 0.3 is 0 Å². The lowest BCUT2D eigenvalue weighted by molar-refractivity contribution is 0.414. The van der Waals surface area contributed by atoms with E-state index in [2.05, 4.69) is 10.1 Å². The average molecular weight is 646 g/mol. The van der Waals surface area contributed by atoms with Crippen molar-refractivity contribution in [1.82, 2.24) is 10.1 Å². The van der Waals surface area contributed by atoms with Gasteiger partial charge in [0.2, 0.25) is 5.88 Å². The van der Waals surface area contributed by atoms with Gasteiger partial charge in [-0.05, 0) is 65.0 Å². The maximum Gasteiger partial charge on any atom is 0.265 e. The van der Waals surface area contributed by atoms with Crippen LogP contribution in [0, 0.1) is 5.82 Å². The molecule has 0 aliphatic rings. The highest BCUT2D eigenvalue weighted by Gasteiger charge is 2.28. The third-order valence-electron chi connectivity index (χ3n) is 7.22. The number of hydrogen-bond donors (Lipinski definition) is 1. The Morgan fingerprint density at radius 2 is 1.73 bits per heavy atom. The minimum atomic E-state index is -4.18. The number of pyridine rings is 1. The van der Waals surface area contributed by atoms with Gasteiger partial charge in [-0.25, -0.2) is 22.1 Å². The minimum absolute atomic E-state index is 0.0307. The van der Waals surface area contributed by atoms with Crippen LogP contribution in [0.1, 0.15) is 5.56 Å². The van der Waals surface area contributed by atoms with E-state index in [1.807, 2.05) is 0 Å². The molecule has 12 heteroatoms. The first-order valence-electron chi connectivity index (χ1n) is 13.5. The van der Waals surface area contributed by atoms with Crippen molar-refractivity contribution in [1.29, 1.82) is 0 Å². The van der Waals surface area contributed by atoms with Crippen molar-refractivity contribution in [2.24, 2.45) is 0 Å². The van der Waals surface area contributed by atoms with E-state index in [-0.39, 0.29) is 23.1 Å². The molecule has 2 heterocycles. The van der Waals surface area contributed by atoms with Gasteiger partial charge in [0.05, 0.1) is 31.4 Å². The predicted octanol–water partition coefficient (Wildman–Crippen LogP) is 7.47. The van der Waals surface area contributed by atoms with E-state index in [1.54, 1.807) is 61.7 Å². The number of aromatic nitrogens is 2. The lowest BCUT2D eigenvalue weighted by Gasteiger charge is -2.22. The highest BCUT2D eigenvalue weighted by molar-refractivity contribution is 7.92. The van der Waals surface area contributed by atoms with Crippen LogP contribution in [0.2, 0.25) is 5.02 Å². The van der Waals surface area contributed by atoms with Gasteiger partial charge in [-0.2, -0.15) is 0 Å². The van der Waals surface area contributed by atoms with E-state index in [1.165, 1.54) is 49.8 Å². The maximum atomic E-state index is 14.1.